The molecule has 2 amide bonds. The summed E-state index contributed by atoms with van der Waals surface area (Å²) in [7, 11) is 1.69. The van der Waals surface area contributed by atoms with E-state index in [0.717, 1.165) is 34.5 Å². The third-order valence-electron chi connectivity index (χ3n) is 8.95. The van der Waals surface area contributed by atoms with Gasteiger partial charge < -0.3 is 20.1 Å². The summed E-state index contributed by atoms with van der Waals surface area (Å²) in [6.45, 7) is 6.74. The van der Waals surface area contributed by atoms with E-state index in [-0.39, 0.29) is 36.5 Å². The number of benzene rings is 2. The SMILES string of the molecule is CCC(CC)N(CCN(C)C(=O)CCC(=O)O)Cc1cccc(C(=O)Nc2sc3c(c2C(=O)c2cnn(-c4ccc(Cl)cc4)c2)CCOC3)c1. The molecule has 0 atom stereocenters. The predicted octanol–water partition coefficient (Wildman–Crippen LogP) is 6.46. The number of fused-ring (bicyclic) bond motifs is 1. The van der Waals surface area contributed by atoms with Gasteiger partial charge in [-0.3, -0.25) is 24.1 Å². The number of anilines is 1. The number of hydrogen-bond donors (Lipinski definition) is 2. The molecule has 0 saturated heterocycles. The fraction of sp³-hybridized carbons (Fsp3) is 0.378. The Morgan fingerprint density at radius 3 is 2.54 bits per heavy atom. The Morgan fingerprint density at radius 2 is 1.82 bits per heavy atom. The van der Waals surface area contributed by atoms with Crippen molar-refractivity contribution in [3.8, 4) is 5.69 Å². The van der Waals surface area contributed by atoms with Crippen molar-refractivity contribution in [3.63, 3.8) is 0 Å². The van der Waals surface area contributed by atoms with E-state index in [1.165, 1.54) is 17.5 Å². The molecule has 0 unspecified atom stereocenters. The molecule has 50 heavy (non-hydrogen) atoms. The maximum absolute atomic E-state index is 14.0. The van der Waals surface area contributed by atoms with Crippen molar-refractivity contribution >= 4 is 51.5 Å². The van der Waals surface area contributed by atoms with Gasteiger partial charge in [0.05, 0.1) is 42.6 Å². The zero-order chi connectivity index (χ0) is 35.8. The van der Waals surface area contributed by atoms with E-state index in [1.54, 1.807) is 41.0 Å². The van der Waals surface area contributed by atoms with Gasteiger partial charge in [0.2, 0.25) is 5.91 Å². The van der Waals surface area contributed by atoms with E-state index in [1.807, 2.05) is 30.3 Å². The monoisotopic (exact) mass is 719 g/mol. The minimum atomic E-state index is -0.993. The highest BCUT2D eigenvalue weighted by Gasteiger charge is 2.29. The van der Waals surface area contributed by atoms with Gasteiger partial charge in [-0.25, -0.2) is 4.68 Å². The Balaban J connectivity index is 1.33. The first kappa shape index (κ1) is 36.9. The molecule has 0 spiro atoms. The number of nitrogens with zero attached hydrogens (tertiary/aromatic N) is 4. The molecule has 0 saturated carbocycles. The number of aromatic nitrogens is 2. The normalized spacial score (nSPS) is 12.6. The van der Waals surface area contributed by atoms with Crippen LogP contribution in [0.25, 0.3) is 5.69 Å². The van der Waals surface area contributed by atoms with Crippen LogP contribution in [0.1, 0.15) is 81.8 Å². The van der Waals surface area contributed by atoms with E-state index in [9.17, 15) is 19.2 Å². The molecule has 3 heterocycles. The molecule has 5 rings (SSSR count). The number of aliphatic carboxylic acids is 1. The van der Waals surface area contributed by atoms with Crippen LogP contribution in [0.5, 0.6) is 0 Å². The molecule has 0 fully saturated rings. The number of carbonyl (C=O) groups excluding carboxylic acids is 3. The highest BCUT2D eigenvalue weighted by Crippen LogP contribution is 2.38. The van der Waals surface area contributed by atoms with Crippen molar-refractivity contribution in [2.45, 2.75) is 65.1 Å². The zero-order valence-electron chi connectivity index (χ0n) is 28.5. The molecule has 13 heteroatoms. The topological polar surface area (TPSA) is 134 Å². The molecule has 0 aliphatic carbocycles. The largest absolute Gasteiger partial charge is 0.481 e. The smallest absolute Gasteiger partial charge is 0.303 e. The fourth-order valence-corrected chi connectivity index (χ4v) is 7.41. The van der Waals surface area contributed by atoms with Crippen molar-refractivity contribution in [1.82, 2.24) is 19.6 Å². The summed E-state index contributed by atoms with van der Waals surface area (Å²) in [6, 6.07) is 14.9. The number of halogens is 1. The molecule has 2 aromatic heterocycles. The van der Waals surface area contributed by atoms with Gasteiger partial charge in [-0.2, -0.15) is 5.10 Å². The van der Waals surface area contributed by atoms with Crippen LogP contribution in [0.2, 0.25) is 5.02 Å². The highest BCUT2D eigenvalue weighted by molar-refractivity contribution is 7.17. The molecule has 2 aromatic carbocycles. The number of likely N-dealkylation sites (N-methyl/N-ethyl adjacent to an activating group) is 1. The third kappa shape index (κ3) is 9.05. The van der Waals surface area contributed by atoms with E-state index in [0.29, 0.717) is 66.0 Å². The van der Waals surface area contributed by atoms with E-state index in [2.05, 4.69) is 29.2 Å². The predicted molar refractivity (Wildman–Crippen MR) is 193 cm³/mol. The van der Waals surface area contributed by atoms with Crippen LogP contribution >= 0.6 is 22.9 Å². The molecular formula is C37H42ClN5O6S. The summed E-state index contributed by atoms with van der Waals surface area (Å²) in [5.74, 6) is -1.74. The summed E-state index contributed by atoms with van der Waals surface area (Å²) in [5, 5.41) is 17.5. The summed E-state index contributed by atoms with van der Waals surface area (Å²) in [5.41, 5.74) is 3.93. The fourth-order valence-electron chi connectivity index (χ4n) is 6.10. The minimum Gasteiger partial charge on any atom is -0.481 e. The molecular weight excluding hydrogens is 678 g/mol. The van der Waals surface area contributed by atoms with Crippen molar-refractivity contribution < 1.29 is 29.0 Å². The summed E-state index contributed by atoms with van der Waals surface area (Å²) in [4.78, 5) is 55.9. The number of thiophene rings is 1. The first-order valence-electron chi connectivity index (χ1n) is 16.8. The van der Waals surface area contributed by atoms with Gasteiger partial charge in [0, 0.05) is 60.8 Å². The second-order valence-electron chi connectivity index (χ2n) is 12.3. The quantitative estimate of drug-likeness (QED) is 0.126. The Hall–Kier alpha value is -4.36. The van der Waals surface area contributed by atoms with Gasteiger partial charge in [-0.05, 0) is 66.8 Å². The summed E-state index contributed by atoms with van der Waals surface area (Å²) >= 11 is 7.40. The number of carbonyl (C=O) groups is 4. The van der Waals surface area contributed by atoms with Crippen LogP contribution in [-0.2, 0) is 33.9 Å². The number of amides is 2. The maximum Gasteiger partial charge on any atom is 0.303 e. The number of ketones is 1. The van der Waals surface area contributed by atoms with Gasteiger partial charge in [0.1, 0.15) is 5.00 Å². The van der Waals surface area contributed by atoms with Crippen molar-refractivity contribution in [1.29, 1.82) is 0 Å². The van der Waals surface area contributed by atoms with Crippen LogP contribution in [0.4, 0.5) is 5.00 Å². The first-order chi connectivity index (χ1) is 24.1. The van der Waals surface area contributed by atoms with Crippen LogP contribution in [0.15, 0.2) is 60.9 Å². The van der Waals surface area contributed by atoms with Crippen LogP contribution in [0, 0.1) is 0 Å². The van der Waals surface area contributed by atoms with E-state index < -0.39 is 5.97 Å². The third-order valence-corrected chi connectivity index (χ3v) is 10.3. The average molecular weight is 720 g/mol. The molecule has 1 aliphatic rings. The maximum atomic E-state index is 14.0. The van der Waals surface area contributed by atoms with E-state index in [4.69, 9.17) is 21.4 Å². The second-order valence-corrected chi connectivity index (χ2v) is 13.8. The van der Waals surface area contributed by atoms with Gasteiger partial charge >= 0.3 is 5.97 Å². The zero-order valence-corrected chi connectivity index (χ0v) is 30.1. The molecule has 1 aliphatic heterocycles. The Labute approximate surface area is 300 Å². The Bertz CT molecular complexity index is 1830. The summed E-state index contributed by atoms with van der Waals surface area (Å²) in [6.07, 6.45) is 5.38. The summed E-state index contributed by atoms with van der Waals surface area (Å²) < 4.78 is 7.30. The molecule has 264 valence electrons. The Morgan fingerprint density at radius 1 is 1.06 bits per heavy atom. The Kier molecular flexibility index (Phi) is 12.6. The van der Waals surface area contributed by atoms with Gasteiger partial charge in [0.25, 0.3) is 5.91 Å². The highest BCUT2D eigenvalue weighted by atomic mass is 35.5. The van der Waals surface area contributed by atoms with Gasteiger partial charge in [-0.1, -0.05) is 37.6 Å². The first-order valence-corrected chi connectivity index (χ1v) is 17.9. The molecule has 11 nitrogen and oxygen atoms in total. The lowest BCUT2D eigenvalue weighted by molar-refractivity contribution is -0.140. The number of rotatable bonds is 16. The number of nitrogens with one attached hydrogen (secondary N) is 1. The molecule has 0 radical (unpaired) electrons. The van der Waals surface area contributed by atoms with Crippen LogP contribution in [-0.4, -0.2) is 81.0 Å². The molecule has 2 N–H and O–H groups in total. The molecule has 0 bridgehead atoms. The van der Waals surface area contributed by atoms with E-state index >= 15 is 0 Å². The van der Waals surface area contributed by atoms with Crippen LogP contribution < -0.4 is 5.32 Å². The number of carboxylic acids is 1. The minimum absolute atomic E-state index is 0.0332. The van der Waals surface area contributed by atoms with Crippen molar-refractivity contribution in [3.05, 3.63) is 98.6 Å². The molecule has 4 aromatic rings. The van der Waals surface area contributed by atoms with Gasteiger partial charge in [0.15, 0.2) is 5.78 Å². The number of carboxylic acid groups (broad SMARTS) is 1. The lowest BCUT2D eigenvalue weighted by Gasteiger charge is -2.32. The average Bonchev–Trinajstić information content (AvgIpc) is 3.75. The number of ether oxygens (including phenoxy) is 1. The number of hydrogen-bond acceptors (Lipinski definition) is 8. The van der Waals surface area contributed by atoms with Crippen LogP contribution in [0.3, 0.4) is 0 Å². The van der Waals surface area contributed by atoms with Crippen molar-refractivity contribution in [2.24, 2.45) is 0 Å². The standard InChI is InChI=1S/C37H42ClN5O6S/c1-4-28(5-2)42(17-16-41(3)32(44)13-14-33(45)46)21-24-7-6-8-25(19-24)36(48)40-37-34(30-15-18-49-23-31(30)50-37)35(47)26-20-39-43(22-26)29-11-9-27(38)10-12-29/h6-12,19-20,22,28H,4-5,13-18,21,23H2,1-3H3,(H,40,48)(H,45,46). The van der Waals surface area contributed by atoms with Gasteiger partial charge in [-0.15, -0.1) is 11.3 Å². The lowest BCUT2D eigenvalue weighted by Crippen LogP contribution is -2.41. The second kappa shape index (κ2) is 17.0. The lowest BCUT2D eigenvalue weighted by atomic mass is 9.99. The van der Waals surface area contributed by atoms with Crippen molar-refractivity contribution in [2.75, 3.05) is 32.1 Å².